The number of nitrogens with zero attached hydrogens (tertiary/aromatic N) is 4. The molecular weight excluding hydrogens is 1590 g/mol. The van der Waals surface area contributed by atoms with Crippen molar-refractivity contribution in [2.24, 2.45) is 23.7 Å². The summed E-state index contributed by atoms with van der Waals surface area (Å²) in [6, 6.07) is 54.5. The van der Waals surface area contributed by atoms with E-state index in [0.717, 1.165) is 106 Å². The molecule has 11 nitrogen and oxygen atoms in total. The van der Waals surface area contributed by atoms with Crippen LogP contribution in [0, 0.1) is 23.7 Å². The maximum Gasteiger partial charge on any atom is 0.416 e. The summed E-state index contributed by atoms with van der Waals surface area (Å²) in [4.78, 5) is 22.5. The SMILES string of the molecule is FC(F)(F)c1ccc(OCCCN2Cc3ccccc3CC2C2CCCCC2)cc1.O=C(CCOc1ccc(C(F)(F)F)cc1)N1Cc2ccccc2CC1C1CCCCC1.OC(COc1ccc(C(F)(F)F)cc1)CN1Cc2ccccc2C1C1CCCCC1.OC(COc1ccc(C(F)(F)F)cc1)CN1Cc2ccccc2CC1C1CCCCC1. The van der Waals surface area contributed by atoms with E-state index >= 15 is 0 Å². The van der Waals surface area contributed by atoms with Crippen LogP contribution in [0.15, 0.2) is 194 Å². The molecule has 8 aromatic rings. The number of aliphatic hydroxyl groups excluding tert-OH is 2. The van der Waals surface area contributed by atoms with E-state index in [1.165, 1.54) is 221 Å². The maximum atomic E-state index is 13.1. The molecule has 4 aliphatic heterocycles. The first-order chi connectivity index (χ1) is 58.7. The fraction of sp³-hybridized carbons (Fsp3) is 0.505. The number of aliphatic hydroxyl groups is 2. The van der Waals surface area contributed by atoms with Crippen LogP contribution in [0.3, 0.4) is 0 Å². The molecule has 2 N–H and O–H groups in total. The molecule has 0 saturated heterocycles. The number of β-amino-alcohol motifs (C(OH)–C–C–N with tert-alkyl or cyclic N) is 2. The minimum atomic E-state index is -4.37. The molecule has 6 unspecified atom stereocenters. The highest BCUT2D eigenvalue weighted by Crippen LogP contribution is 2.46. The van der Waals surface area contributed by atoms with Crippen LogP contribution in [0.1, 0.15) is 214 Å². The number of ether oxygens (including phenoxy) is 4. The number of carbonyl (C=O) groups excluding carboxylic acids is 1. The van der Waals surface area contributed by atoms with Crippen LogP contribution in [0.4, 0.5) is 52.7 Å². The number of halogens is 12. The molecule has 8 aliphatic rings. The number of amides is 1. The van der Waals surface area contributed by atoms with Gasteiger partial charge in [0, 0.05) is 70.0 Å². The smallest absolute Gasteiger partial charge is 0.416 e. The summed E-state index contributed by atoms with van der Waals surface area (Å²) in [5.41, 5.74) is 8.10. The van der Waals surface area contributed by atoms with Crippen LogP contribution in [0.2, 0.25) is 0 Å². The Morgan fingerprint density at radius 3 is 1.06 bits per heavy atom. The Hall–Kier alpha value is -8.61. The number of carbonyl (C=O) groups is 1. The second-order valence-corrected chi connectivity index (χ2v) is 34.5. The van der Waals surface area contributed by atoms with Crippen LogP contribution in [-0.2, 0) is 74.9 Å². The van der Waals surface area contributed by atoms with E-state index in [2.05, 4.69) is 106 Å². The van der Waals surface area contributed by atoms with Crippen molar-refractivity contribution in [2.45, 2.75) is 248 Å². The van der Waals surface area contributed by atoms with E-state index in [4.69, 9.17) is 18.9 Å². The molecule has 0 aromatic heterocycles. The fourth-order valence-corrected chi connectivity index (χ4v) is 19.9. The first kappa shape index (κ1) is 91.1. The molecule has 122 heavy (non-hydrogen) atoms. The Balaban J connectivity index is 0.000000140. The molecule has 16 rings (SSSR count). The molecule has 1 amide bonds. The van der Waals surface area contributed by atoms with Gasteiger partial charge in [-0.2, -0.15) is 52.7 Å². The lowest BCUT2D eigenvalue weighted by molar-refractivity contribution is -0.138. The van der Waals surface area contributed by atoms with Gasteiger partial charge in [0.15, 0.2) is 0 Å². The molecular formula is C99H116F12N4O7. The first-order valence-corrected chi connectivity index (χ1v) is 44.1. The van der Waals surface area contributed by atoms with Gasteiger partial charge in [-0.1, -0.05) is 174 Å². The molecule has 4 saturated carbocycles. The van der Waals surface area contributed by atoms with Crippen molar-refractivity contribution in [3.63, 3.8) is 0 Å². The highest BCUT2D eigenvalue weighted by atomic mass is 19.4. The molecule has 0 radical (unpaired) electrons. The summed E-state index contributed by atoms with van der Waals surface area (Å²) in [6.45, 7) is 5.94. The Labute approximate surface area is 710 Å². The van der Waals surface area contributed by atoms with Gasteiger partial charge in [-0.05, 0) is 242 Å². The largest absolute Gasteiger partial charge is 0.494 e. The molecule has 4 aliphatic carbocycles. The number of fused-ring (bicyclic) bond motifs is 4. The molecule has 23 heteroatoms. The zero-order valence-corrected chi connectivity index (χ0v) is 69.5. The third-order valence-electron chi connectivity index (χ3n) is 26.2. The standard InChI is InChI=1S/C25H30F3NO2.C25H28F3NO2.C25H30F3NO.C24H28F3NO2/c26-25(27,28)21-10-12-23(13-11-21)31-17-22(30)16-29-15-20-9-5-4-8-19(20)14-24(29)18-6-2-1-3-7-18;26-25(27,28)21-10-12-22(13-11-21)31-15-14-24(30)29-17-20-9-5-4-8-19(20)16-23(29)18-6-2-1-3-7-18;26-25(27,28)22-11-13-23(14-12-22)30-16-6-15-29-18-21-10-5-4-9-20(21)17-24(29)19-7-2-1-3-8-19;25-24(26,27)19-10-12-21(13-11-19)30-16-20(29)15-28-14-18-8-4-5-9-22(18)23(28)17-6-2-1-3-7-17/h4-5,8-13,18,22,24,30H,1-3,6-7,14-17H2;4-5,8-13,18,23H,1-3,6-7,14-17H2;4-5,9-14,19,24H,1-3,6-8,15-18H2;4-5,8-13,17,20,23,29H,1-3,6-7,14-16H2. The first-order valence-electron chi connectivity index (χ1n) is 44.1. The van der Waals surface area contributed by atoms with Gasteiger partial charge < -0.3 is 34.1 Å². The van der Waals surface area contributed by atoms with E-state index in [1.807, 2.05) is 11.0 Å². The Kier molecular flexibility index (Phi) is 32.0. The molecule has 4 heterocycles. The zero-order chi connectivity index (χ0) is 85.8. The second kappa shape index (κ2) is 42.9. The normalized spacial score (nSPS) is 20.8. The Morgan fingerprint density at radius 2 is 0.648 bits per heavy atom. The lowest BCUT2D eigenvalue weighted by atomic mass is 9.78. The van der Waals surface area contributed by atoms with Gasteiger partial charge in [0.2, 0.25) is 5.91 Å². The summed E-state index contributed by atoms with van der Waals surface area (Å²) in [5.74, 6) is 4.09. The average Bonchev–Trinajstić information content (AvgIpc) is 1.31. The molecule has 4 fully saturated rings. The quantitative estimate of drug-likeness (QED) is 0.0475. The van der Waals surface area contributed by atoms with Gasteiger partial charge in [0.05, 0.1) is 41.9 Å². The highest BCUT2D eigenvalue weighted by molar-refractivity contribution is 5.77. The molecule has 0 bridgehead atoms. The van der Waals surface area contributed by atoms with E-state index in [9.17, 15) is 67.7 Å². The van der Waals surface area contributed by atoms with Crippen molar-refractivity contribution in [1.29, 1.82) is 0 Å². The topological polar surface area (TPSA) is 107 Å². The van der Waals surface area contributed by atoms with Crippen LogP contribution < -0.4 is 18.9 Å². The number of rotatable bonds is 23. The van der Waals surface area contributed by atoms with Crippen molar-refractivity contribution in [2.75, 3.05) is 46.1 Å². The summed E-state index contributed by atoms with van der Waals surface area (Å²) >= 11 is 0. The second-order valence-electron chi connectivity index (χ2n) is 34.5. The van der Waals surface area contributed by atoms with Gasteiger partial charge in [-0.25, -0.2) is 0 Å². The third kappa shape index (κ3) is 25.6. The van der Waals surface area contributed by atoms with E-state index < -0.39 is 59.2 Å². The van der Waals surface area contributed by atoms with E-state index in [0.29, 0.717) is 85.1 Å². The Bertz CT molecular complexity index is 4520. The number of hydrogen-bond acceptors (Lipinski definition) is 10. The predicted octanol–water partition coefficient (Wildman–Crippen LogP) is 23.5. The summed E-state index contributed by atoms with van der Waals surface area (Å²) in [5, 5.41) is 21.3. The van der Waals surface area contributed by atoms with Crippen molar-refractivity contribution in [3.05, 3.63) is 261 Å². The third-order valence-corrected chi connectivity index (χ3v) is 26.2. The average molecular weight is 1700 g/mol. The van der Waals surface area contributed by atoms with E-state index in [-0.39, 0.29) is 38.2 Å². The number of alkyl halides is 12. The van der Waals surface area contributed by atoms with Gasteiger partial charge in [0.25, 0.3) is 0 Å². The molecule has 0 spiro atoms. The lowest BCUT2D eigenvalue weighted by Gasteiger charge is -2.43. The van der Waals surface area contributed by atoms with Crippen molar-refractivity contribution in [3.8, 4) is 23.0 Å². The van der Waals surface area contributed by atoms with Crippen molar-refractivity contribution < 1.29 is 86.6 Å². The Morgan fingerprint density at radius 1 is 0.336 bits per heavy atom. The minimum Gasteiger partial charge on any atom is -0.494 e. The maximum absolute atomic E-state index is 13.1. The fourth-order valence-electron chi connectivity index (χ4n) is 19.9. The van der Waals surface area contributed by atoms with Crippen molar-refractivity contribution in [1.82, 2.24) is 19.6 Å². The zero-order valence-electron chi connectivity index (χ0n) is 69.5. The highest BCUT2D eigenvalue weighted by Gasteiger charge is 2.41. The monoisotopic (exact) mass is 1700 g/mol. The van der Waals surface area contributed by atoms with Gasteiger partial charge in [-0.3, -0.25) is 19.5 Å². The summed E-state index contributed by atoms with van der Waals surface area (Å²) < 4.78 is 175. The summed E-state index contributed by atoms with van der Waals surface area (Å²) in [7, 11) is 0. The van der Waals surface area contributed by atoms with Gasteiger partial charge >= 0.3 is 24.7 Å². The van der Waals surface area contributed by atoms with Crippen LogP contribution in [-0.4, -0.2) is 112 Å². The van der Waals surface area contributed by atoms with Crippen LogP contribution in [0.5, 0.6) is 23.0 Å². The van der Waals surface area contributed by atoms with Gasteiger partial charge in [-0.15, -0.1) is 0 Å². The minimum absolute atomic E-state index is 0.0512. The number of benzene rings is 8. The van der Waals surface area contributed by atoms with Gasteiger partial charge in [0.1, 0.15) is 48.4 Å². The molecule has 658 valence electrons. The molecule has 6 atom stereocenters. The summed E-state index contributed by atoms with van der Waals surface area (Å²) in [6.07, 6.45) is 10.6. The van der Waals surface area contributed by atoms with E-state index in [1.54, 1.807) is 0 Å². The van der Waals surface area contributed by atoms with Crippen LogP contribution in [0.25, 0.3) is 0 Å². The lowest BCUT2D eigenvalue weighted by Crippen LogP contribution is -2.49. The van der Waals surface area contributed by atoms with Crippen molar-refractivity contribution >= 4 is 5.91 Å². The number of hydrogen-bond donors (Lipinski definition) is 2. The van der Waals surface area contributed by atoms with Crippen LogP contribution >= 0.6 is 0 Å². The predicted molar refractivity (Wildman–Crippen MR) is 448 cm³/mol. The molecule has 8 aromatic carbocycles.